The van der Waals surface area contributed by atoms with Crippen molar-refractivity contribution in [2.75, 3.05) is 0 Å². The molecule has 11 heteroatoms. The number of nitrogens with zero attached hydrogens (tertiary/aromatic N) is 4. The van der Waals surface area contributed by atoms with Gasteiger partial charge in [-0.2, -0.15) is 18.2 Å². The highest BCUT2D eigenvalue weighted by molar-refractivity contribution is 6.01. The van der Waals surface area contributed by atoms with Gasteiger partial charge in [0, 0.05) is 24.2 Å². The molecule has 0 bridgehead atoms. The maximum atomic E-state index is 13.4. The summed E-state index contributed by atoms with van der Waals surface area (Å²) in [5.74, 6) is -2.13. The fraction of sp³-hybridized carbons (Fsp3) is 0.519. The van der Waals surface area contributed by atoms with Gasteiger partial charge < -0.3 is 9.84 Å². The predicted molar refractivity (Wildman–Crippen MR) is 129 cm³/mol. The molecule has 202 valence electrons. The maximum absolute atomic E-state index is 13.4. The van der Waals surface area contributed by atoms with Crippen molar-refractivity contribution in [3.8, 4) is 5.75 Å². The van der Waals surface area contributed by atoms with Crippen molar-refractivity contribution in [1.29, 1.82) is 0 Å². The zero-order chi connectivity index (χ0) is 27.2. The third-order valence-corrected chi connectivity index (χ3v) is 7.80. The minimum atomic E-state index is -4.69. The van der Waals surface area contributed by atoms with E-state index in [1.807, 2.05) is 19.9 Å². The van der Waals surface area contributed by atoms with E-state index in [0.717, 1.165) is 49.2 Å². The molecule has 38 heavy (non-hydrogen) atoms. The van der Waals surface area contributed by atoms with Crippen LogP contribution in [0.2, 0.25) is 0 Å². The first-order valence-electron chi connectivity index (χ1n) is 12.8. The van der Waals surface area contributed by atoms with Gasteiger partial charge in [-0.05, 0) is 69.2 Å². The Labute approximate surface area is 217 Å². The van der Waals surface area contributed by atoms with Crippen LogP contribution < -0.4 is 0 Å². The van der Waals surface area contributed by atoms with E-state index in [0.29, 0.717) is 17.2 Å². The summed E-state index contributed by atoms with van der Waals surface area (Å²) in [5.41, 5.74) is -0.225. The van der Waals surface area contributed by atoms with Crippen molar-refractivity contribution >= 4 is 17.5 Å². The largest absolute Gasteiger partial charge is 0.507 e. The number of carbonyl (C=O) groups excluding carboxylic acids is 2. The summed E-state index contributed by atoms with van der Waals surface area (Å²) in [7, 11) is 0. The molecule has 1 aliphatic heterocycles. The number of cyclic esters (lactones) is 1. The van der Waals surface area contributed by atoms with Crippen molar-refractivity contribution < 1.29 is 32.6 Å². The summed E-state index contributed by atoms with van der Waals surface area (Å²) in [4.78, 5) is 35.4. The zero-order valence-corrected chi connectivity index (χ0v) is 21.2. The third-order valence-electron chi connectivity index (χ3n) is 7.80. The monoisotopic (exact) mass is 530 g/mol. The lowest BCUT2D eigenvalue weighted by molar-refractivity contribution is -0.185. The molecular weight excluding hydrogens is 501 g/mol. The highest BCUT2D eigenvalue weighted by Gasteiger charge is 2.51. The van der Waals surface area contributed by atoms with Crippen LogP contribution in [0, 0.1) is 25.7 Å². The third kappa shape index (κ3) is 4.98. The fourth-order valence-electron chi connectivity index (χ4n) is 5.88. The quantitative estimate of drug-likeness (QED) is 0.364. The van der Waals surface area contributed by atoms with Crippen LogP contribution in [-0.2, 0) is 33.3 Å². The molecule has 1 N–H and O–H groups in total. The van der Waals surface area contributed by atoms with Crippen LogP contribution in [0.15, 0.2) is 24.3 Å². The minimum Gasteiger partial charge on any atom is -0.507 e. The summed E-state index contributed by atoms with van der Waals surface area (Å²) in [6.07, 6.45) is -0.855. The SMILES string of the molecule is Cc1cc(C)n2nc(CC3C(=O)CC(CCc4ccc(O)c(C(F)(F)F)c4)(C4CCCC4)OC3=O)nc2n1. The molecule has 5 rings (SSSR count). The average Bonchev–Trinajstić information content (AvgIpc) is 3.51. The van der Waals surface area contributed by atoms with Gasteiger partial charge in [0.05, 0.1) is 5.56 Å². The number of carbonyl (C=O) groups is 2. The Morgan fingerprint density at radius 2 is 1.87 bits per heavy atom. The van der Waals surface area contributed by atoms with Crippen molar-refractivity contribution in [2.45, 2.75) is 77.0 Å². The summed E-state index contributed by atoms with van der Waals surface area (Å²) >= 11 is 0. The Hall–Kier alpha value is -3.50. The minimum absolute atomic E-state index is 0.00203. The van der Waals surface area contributed by atoms with E-state index < -0.39 is 35.0 Å². The maximum Gasteiger partial charge on any atom is 0.419 e. The molecular formula is C27H29F3N4O4. The van der Waals surface area contributed by atoms with Crippen LogP contribution in [0.5, 0.6) is 5.75 Å². The van der Waals surface area contributed by atoms with E-state index in [2.05, 4.69) is 15.1 Å². The molecule has 2 unspecified atom stereocenters. The number of aryl methyl sites for hydroxylation is 3. The zero-order valence-electron chi connectivity index (χ0n) is 21.2. The van der Waals surface area contributed by atoms with E-state index >= 15 is 0 Å². The van der Waals surface area contributed by atoms with Gasteiger partial charge in [-0.1, -0.05) is 18.9 Å². The molecule has 2 atom stereocenters. The van der Waals surface area contributed by atoms with E-state index in [1.54, 1.807) is 4.52 Å². The molecule has 1 aromatic carbocycles. The van der Waals surface area contributed by atoms with Crippen LogP contribution in [-0.4, -0.2) is 42.0 Å². The summed E-state index contributed by atoms with van der Waals surface area (Å²) in [6, 6.07) is 5.22. The smallest absolute Gasteiger partial charge is 0.419 e. The van der Waals surface area contributed by atoms with Gasteiger partial charge in [-0.15, -0.1) is 5.10 Å². The second-order valence-electron chi connectivity index (χ2n) is 10.5. The van der Waals surface area contributed by atoms with Crippen LogP contribution in [0.4, 0.5) is 13.2 Å². The number of benzene rings is 1. The summed E-state index contributed by atoms with van der Waals surface area (Å²) in [5, 5.41) is 14.1. The van der Waals surface area contributed by atoms with Crippen molar-refractivity contribution in [3.05, 3.63) is 52.6 Å². The molecule has 0 radical (unpaired) electrons. The lowest BCUT2D eigenvalue weighted by Gasteiger charge is -2.43. The number of alkyl halides is 3. The number of aromatic hydroxyl groups is 1. The normalized spacial score (nSPS) is 22.8. The molecule has 3 heterocycles. The number of aromatic nitrogens is 4. The van der Waals surface area contributed by atoms with E-state index in [-0.39, 0.29) is 37.4 Å². The number of hydrogen-bond acceptors (Lipinski definition) is 7. The number of esters is 1. The lowest BCUT2D eigenvalue weighted by atomic mass is 9.73. The van der Waals surface area contributed by atoms with Gasteiger partial charge in [0.1, 0.15) is 17.3 Å². The number of hydrogen-bond donors (Lipinski definition) is 1. The Balaban J connectivity index is 1.36. The lowest BCUT2D eigenvalue weighted by Crippen LogP contribution is -2.52. The van der Waals surface area contributed by atoms with Crippen molar-refractivity contribution in [3.63, 3.8) is 0 Å². The summed E-state index contributed by atoms with van der Waals surface area (Å²) < 4.78 is 47.5. The molecule has 1 aliphatic carbocycles. The molecule has 2 aromatic heterocycles. The van der Waals surface area contributed by atoms with Gasteiger partial charge in [0.2, 0.25) is 0 Å². The second kappa shape index (κ2) is 9.67. The van der Waals surface area contributed by atoms with Crippen LogP contribution >= 0.6 is 0 Å². The van der Waals surface area contributed by atoms with Crippen molar-refractivity contribution in [2.24, 2.45) is 11.8 Å². The second-order valence-corrected chi connectivity index (χ2v) is 10.5. The first kappa shape index (κ1) is 26.1. The number of phenolic OH excluding ortho intramolecular Hbond substituents is 1. The summed E-state index contributed by atoms with van der Waals surface area (Å²) in [6.45, 7) is 3.70. The van der Waals surface area contributed by atoms with E-state index in [1.165, 1.54) is 6.07 Å². The number of ketones is 1. The average molecular weight is 531 g/mol. The van der Waals surface area contributed by atoms with Crippen LogP contribution in [0.1, 0.15) is 66.9 Å². The highest BCUT2D eigenvalue weighted by atomic mass is 19.4. The Kier molecular flexibility index (Phi) is 6.65. The molecule has 2 aliphatic rings. The molecule has 1 saturated heterocycles. The van der Waals surface area contributed by atoms with E-state index in [9.17, 15) is 27.9 Å². The standard InChI is InChI=1S/C27H29F3N4O4/c1-15-11-16(2)34-25(31-15)32-23(33-34)13-19-22(36)14-26(38-24(19)37,18-5-3-4-6-18)10-9-17-7-8-21(35)20(12-17)27(28,29)30/h7-8,11-12,18-19,35H,3-6,9-10,13-14H2,1-2H3. The number of fused-ring (bicyclic) bond motifs is 1. The highest BCUT2D eigenvalue weighted by Crippen LogP contribution is 2.45. The number of ether oxygens (including phenoxy) is 1. The van der Waals surface area contributed by atoms with Gasteiger partial charge in [0.25, 0.3) is 5.78 Å². The van der Waals surface area contributed by atoms with Crippen LogP contribution in [0.25, 0.3) is 5.78 Å². The number of rotatable bonds is 6. The molecule has 0 amide bonds. The first-order valence-corrected chi connectivity index (χ1v) is 12.8. The van der Waals surface area contributed by atoms with Crippen molar-refractivity contribution in [1.82, 2.24) is 19.6 Å². The molecule has 3 aromatic rings. The first-order chi connectivity index (χ1) is 17.9. The Morgan fingerprint density at radius 3 is 2.55 bits per heavy atom. The van der Waals surface area contributed by atoms with Gasteiger partial charge in [-0.25, -0.2) is 9.50 Å². The fourth-order valence-corrected chi connectivity index (χ4v) is 5.88. The van der Waals surface area contributed by atoms with Gasteiger partial charge in [0.15, 0.2) is 11.6 Å². The number of Topliss-reactive ketones (excluding diaryl/α,β-unsaturated/α-hetero) is 1. The van der Waals surface area contributed by atoms with Gasteiger partial charge >= 0.3 is 12.1 Å². The Bertz CT molecular complexity index is 1380. The van der Waals surface area contributed by atoms with E-state index in [4.69, 9.17) is 4.74 Å². The number of halogens is 3. The number of phenols is 1. The molecule has 8 nitrogen and oxygen atoms in total. The van der Waals surface area contributed by atoms with Crippen LogP contribution in [0.3, 0.4) is 0 Å². The topological polar surface area (TPSA) is 107 Å². The molecule has 2 fully saturated rings. The Morgan fingerprint density at radius 1 is 1.13 bits per heavy atom. The molecule has 0 spiro atoms. The molecule has 1 saturated carbocycles. The van der Waals surface area contributed by atoms with Gasteiger partial charge in [-0.3, -0.25) is 9.59 Å². The predicted octanol–water partition coefficient (Wildman–Crippen LogP) is 4.70.